The van der Waals surface area contributed by atoms with Crippen LogP contribution in [-0.4, -0.2) is 38.4 Å². The normalized spacial score (nSPS) is 11.0. The van der Waals surface area contributed by atoms with E-state index in [0.717, 1.165) is 6.61 Å². The van der Waals surface area contributed by atoms with Crippen molar-refractivity contribution in [3.05, 3.63) is 0 Å². The van der Waals surface area contributed by atoms with Crippen molar-refractivity contribution in [3.63, 3.8) is 0 Å². The van der Waals surface area contributed by atoms with E-state index >= 15 is 0 Å². The van der Waals surface area contributed by atoms with Gasteiger partial charge in [0.15, 0.2) is 0 Å². The Bertz CT molecular complexity index is 86.3. The van der Waals surface area contributed by atoms with Crippen molar-refractivity contribution in [2.24, 2.45) is 0 Å². The Hall–Kier alpha value is 0.680. The standard InChI is InChI=1S/C9H22OP.ClH/c1-5-11(6-2,7-3)9-8-10-4;/h5-9H2,1-4H3;1H/q+1;/p-1. The van der Waals surface area contributed by atoms with Crippen LogP contribution in [0.1, 0.15) is 20.8 Å². The molecule has 0 radical (unpaired) electrons. The molecule has 0 saturated heterocycles. The summed E-state index contributed by atoms with van der Waals surface area (Å²) in [5.41, 5.74) is 0. The van der Waals surface area contributed by atoms with Crippen LogP contribution < -0.4 is 12.4 Å². The molecule has 0 fully saturated rings. The van der Waals surface area contributed by atoms with Crippen LogP contribution in [0.15, 0.2) is 0 Å². The Kier molecular flexibility index (Phi) is 10.5. The molecule has 0 heterocycles. The first-order valence-electron chi connectivity index (χ1n) is 4.58. The molecule has 0 aliphatic carbocycles. The minimum absolute atomic E-state index is 0. The number of methoxy groups -OCH3 is 1. The van der Waals surface area contributed by atoms with Crippen molar-refractivity contribution < 1.29 is 17.1 Å². The van der Waals surface area contributed by atoms with Crippen LogP contribution in [0.2, 0.25) is 0 Å². The summed E-state index contributed by atoms with van der Waals surface area (Å²) >= 11 is 0. The number of rotatable bonds is 6. The monoisotopic (exact) mass is 212 g/mol. The first kappa shape index (κ1) is 15.2. The highest BCUT2D eigenvalue weighted by molar-refractivity contribution is 7.75. The number of hydrogen-bond donors (Lipinski definition) is 0. The zero-order chi connectivity index (χ0) is 8.74. The molecule has 1 nitrogen and oxygen atoms in total. The summed E-state index contributed by atoms with van der Waals surface area (Å²) in [4.78, 5) is 0. The second-order valence-electron chi connectivity index (χ2n) is 3.01. The molecule has 76 valence electrons. The Morgan fingerprint density at radius 2 is 1.42 bits per heavy atom. The smallest absolute Gasteiger partial charge is 0.0827 e. The lowest BCUT2D eigenvalue weighted by atomic mass is 10.8. The Balaban J connectivity index is 0. The minimum Gasteiger partial charge on any atom is -1.00 e. The number of halogens is 1. The van der Waals surface area contributed by atoms with Crippen LogP contribution in [0, 0.1) is 0 Å². The molecule has 0 amide bonds. The number of ether oxygens (including phenoxy) is 1. The molecule has 0 unspecified atom stereocenters. The van der Waals surface area contributed by atoms with Gasteiger partial charge in [-0.15, -0.1) is 0 Å². The maximum atomic E-state index is 5.13. The van der Waals surface area contributed by atoms with E-state index in [-0.39, 0.29) is 12.4 Å². The van der Waals surface area contributed by atoms with Gasteiger partial charge in [0.2, 0.25) is 0 Å². The second-order valence-corrected chi connectivity index (χ2v) is 8.03. The highest BCUT2D eigenvalue weighted by Gasteiger charge is 2.29. The predicted molar refractivity (Wildman–Crippen MR) is 55.3 cm³/mol. The van der Waals surface area contributed by atoms with E-state index in [0.29, 0.717) is 0 Å². The molecule has 0 aromatic heterocycles. The fraction of sp³-hybridized carbons (Fsp3) is 1.00. The molecule has 0 atom stereocenters. The summed E-state index contributed by atoms with van der Waals surface area (Å²) in [5.74, 6) is 0. The largest absolute Gasteiger partial charge is 1.00 e. The van der Waals surface area contributed by atoms with Crippen molar-refractivity contribution in [2.75, 3.05) is 38.4 Å². The third-order valence-electron chi connectivity index (χ3n) is 2.78. The van der Waals surface area contributed by atoms with E-state index in [1.54, 1.807) is 7.11 Å². The van der Waals surface area contributed by atoms with Gasteiger partial charge in [0.1, 0.15) is 0 Å². The van der Waals surface area contributed by atoms with Crippen LogP contribution in [0.3, 0.4) is 0 Å². The molecule has 3 heteroatoms. The maximum absolute atomic E-state index is 5.13. The molecule has 0 aliphatic rings. The van der Waals surface area contributed by atoms with Crippen LogP contribution in [0.5, 0.6) is 0 Å². The molecule has 0 aliphatic heterocycles. The first-order valence-corrected chi connectivity index (χ1v) is 7.11. The van der Waals surface area contributed by atoms with Gasteiger partial charge >= 0.3 is 0 Å². The van der Waals surface area contributed by atoms with Gasteiger partial charge in [-0.25, -0.2) is 0 Å². The highest BCUT2D eigenvalue weighted by Crippen LogP contribution is 2.57. The van der Waals surface area contributed by atoms with Gasteiger partial charge in [-0.1, -0.05) is 0 Å². The number of hydrogen-bond acceptors (Lipinski definition) is 1. The average Bonchev–Trinajstić information content (AvgIpc) is 2.08. The minimum atomic E-state index is -0.580. The fourth-order valence-electron chi connectivity index (χ4n) is 1.43. The summed E-state index contributed by atoms with van der Waals surface area (Å²) < 4.78 is 5.13. The first-order chi connectivity index (χ1) is 5.24. The zero-order valence-corrected chi connectivity index (χ0v) is 10.4. The predicted octanol–water partition coefficient (Wildman–Crippen LogP) is -0.286. The molecule has 0 spiro atoms. The Morgan fingerprint density at radius 3 is 1.67 bits per heavy atom. The quantitative estimate of drug-likeness (QED) is 0.551. The van der Waals surface area contributed by atoms with E-state index in [9.17, 15) is 0 Å². The van der Waals surface area contributed by atoms with Gasteiger partial charge in [0.05, 0.1) is 31.3 Å². The summed E-state index contributed by atoms with van der Waals surface area (Å²) in [6.07, 6.45) is 5.50. The summed E-state index contributed by atoms with van der Waals surface area (Å²) in [6.45, 7) is 7.95. The lowest BCUT2D eigenvalue weighted by molar-refractivity contribution is -0.00000301. The van der Waals surface area contributed by atoms with Crippen molar-refractivity contribution in [3.8, 4) is 0 Å². The van der Waals surface area contributed by atoms with Gasteiger partial charge in [-0.3, -0.25) is 0 Å². The SMILES string of the molecule is CC[P+](CC)(CC)CCOC.[Cl-]. The van der Waals surface area contributed by atoms with Gasteiger partial charge in [0.25, 0.3) is 0 Å². The lowest BCUT2D eigenvalue weighted by Crippen LogP contribution is -3.00. The third kappa shape index (κ3) is 4.64. The molecule has 0 aromatic rings. The lowest BCUT2D eigenvalue weighted by Gasteiger charge is -2.22. The van der Waals surface area contributed by atoms with Crippen LogP contribution in [0.25, 0.3) is 0 Å². The van der Waals surface area contributed by atoms with E-state index in [1.807, 2.05) is 0 Å². The average molecular weight is 213 g/mol. The van der Waals surface area contributed by atoms with Crippen LogP contribution in [0.4, 0.5) is 0 Å². The molecule has 0 N–H and O–H groups in total. The van der Waals surface area contributed by atoms with E-state index in [2.05, 4.69) is 20.8 Å². The molecule has 0 rings (SSSR count). The van der Waals surface area contributed by atoms with E-state index in [4.69, 9.17) is 4.74 Å². The van der Waals surface area contributed by atoms with Crippen LogP contribution >= 0.6 is 7.26 Å². The Morgan fingerprint density at radius 1 is 1.00 bits per heavy atom. The van der Waals surface area contributed by atoms with E-state index in [1.165, 1.54) is 24.6 Å². The van der Waals surface area contributed by atoms with Gasteiger partial charge < -0.3 is 17.1 Å². The van der Waals surface area contributed by atoms with Gasteiger partial charge in [-0.05, 0) is 20.8 Å². The van der Waals surface area contributed by atoms with Gasteiger partial charge in [0, 0.05) is 14.4 Å². The van der Waals surface area contributed by atoms with Crippen molar-refractivity contribution in [1.29, 1.82) is 0 Å². The summed E-state index contributed by atoms with van der Waals surface area (Å²) in [6, 6.07) is 0. The summed E-state index contributed by atoms with van der Waals surface area (Å²) in [7, 11) is 1.22. The summed E-state index contributed by atoms with van der Waals surface area (Å²) in [5, 5.41) is 0. The zero-order valence-electron chi connectivity index (χ0n) is 8.77. The van der Waals surface area contributed by atoms with Crippen molar-refractivity contribution in [2.45, 2.75) is 20.8 Å². The van der Waals surface area contributed by atoms with Crippen molar-refractivity contribution in [1.82, 2.24) is 0 Å². The fourth-order valence-corrected chi connectivity index (χ4v) is 4.29. The highest BCUT2D eigenvalue weighted by atomic mass is 35.5. The topological polar surface area (TPSA) is 9.23 Å². The van der Waals surface area contributed by atoms with Gasteiger partial charge in [-0.2, -0.15) is 0 Å². The molecule has 12 heavy (non-hydrogen) atoms. The maximum Gasteiger partial charge on any atom is 0.0827 e. The van der Waals surface area contributed by atoms with Crippen LogP contribution in [-0.2, 0) is 4.74 Å². The van der Waals surface area contributed by atoms with E-state index < -0.39 is 7.26 Å². The third-order valence-corrected chi connectivity index (χ3v) is 7.94. The second kappa shape index (κ2) is 8.29. The molecule has 0 bridgehead atoms. The molecular formula is C9H22ClOP. The molecule has 0 saturated carbocycles. The van der Waals surface area contributed by atoms with Crippen molar-refractivity contribution >= 4 is 7.26 Å². The molecular weight excluding hydrogens is 191 g/mol. The molecule has 0 aromatic carbocycles. The Labute approximate surface area is 84.0 Å².